The Morgan fingerprint density at radius 3 is 2.60 bits per heavy atom. The number of hydrogen-bond acceptors (Lipinski definition) is 4. The maximum absolute atomic E-state index is 12.9. The number of alkyl halides is 3. The van der Waals surface area contributed by atoms with Crippen LogP contribution in [0.1, 0.15) is 18.4 Å². The smallest absolute Gasteiger partial charge is 0.419 e. The molecule has 1 aliphatic rings. The van der Waals surface area contributed by atoms with Gasteiger partial charge in [0.25, 0.3) is 0 Å². The van der Waals surface area contributed by atoms with Crippen molar-refractivity contribution in [2.75, 3.05) is 18.5 Å². The molecular weight excluding hydrogens is 277 g/mol. The maximum Gasteiger partial charge on any atom is 0.419 e. The monoisotopic (exact) mass is 290 g/mol. The lowest BCUT2D eigenvalue weighted by Crippen LogP contribution is -2.51. The van der Waals surface area contributed by atoms with Gasteiger partial charge in [-0.3, -0.25) is 0 Å². The van der Waals surface area contributed by atoms with Crippen LogP contribution in [0.5, 0.6) is 0 Å². The van der Waals surface area contributed by atoms with Crippen LogP contribution in [-0.2, 0) is 15.7 Å². The summed E-state index contributed by atoms with van der Waals surface area (Å²) in [5.74, 6) is -1.68. The SMILES string of the molecule is O=C(O)C1(Nc2ncccc2C(F)(F)F)CCOCC1. The number of rotatable bonds is 3. The van der Waals surface area contributed by atoms with Crippen molar-refractivity contribution in [2.45, 2.75) is 24.6 Å². The van der Waals surface area contributed by atoms with E-state index in [4.69, 9.17) is 4.74 Å². The number of aromatic nitrogens is 1. The minimum atomic E-state index is -4.60. The summed E-state index contributed by atoms with van der Waals surface area (Å²) in [5.41, 5.74) is -2.46. The molecule has 0 aliphatic carbocycles. The number of hydrogen-bond donors (Lipinski definition) is 2. The Morgan fingerprint density at radius 1 is 1.40 bits per heavy atom. The van der Waals surface area contributed by atoms with Crippen molar-refractivity contribution in [1.29, 1.82) is 0 Å². The Hall–Kier alpha value is -1.83. The highest BCUT2D eigenvalue weighted by atomic mass is 19.4. The normalized spacial score (nSPS) is 18.6. The Balaban J connectivity index is 2.35. The highest BCUT2D eigenvalue weighted by Gasteiger charge is 2.43. The van der Waals surface area contributed by atoms with Gasteiger partial charge < -0.3 is 15.2 Å². The van der Waals surface area contributed by atoms with Gasteiger partial charge in [-0.15, -0.1) is 0 Å². The molecule has 1 aromatic heterocycles. The summed E-state index contributed by atoms with van der Waals surface area (Å²) >= 11 is 0. The quantitative estimate of drug-likeness (QED) is 0.892. The highest BCUT2D eigenvalue weighted by Crippen LogP contribution is 2.36. The summed E-state index contributed by atoms with van der Waals surface area (Å²) < 4.78 is 43.7. The molecule has 0 spiro atoms. The molecule has 0 aromatic carbocycles. The number of nitrogens with zero attached hydrogens (tertiary/aromatic N) is 1. The van der Waals surface area contributed by atoms with Gasteiger partial charge in [-0.2, -0.15) is 13.2 Å². The standard InChI is InChI=1S/C12H13F3N2O3/c13-12(14,15)8-2-1-5-16-9(8)17-11(10(18)19)3-6-20-7-4-11/h1-2,5H,3-4,6-7H2,(H,16,17)(H,18,19). The molecule has 1 saturated heterocycles. The topological polar surface area (TPSA) is 71.5 Å². The molecule has 0 amide bonds. The zero-order chi connectivity index (χ0) is 14.8. The van der Waals surface area contributed by atoms with E-state index >= 15 is 0 Å². The fourth-order valence-corrected chi connectivity index (χ4v) is 2.07. The van der Waals surface area contributed by atoms with Gasteiger partial charge in [-0.05, 0) is 12.1 Å². The number of aliphatic carboxylic acids is 1. The molecule has 2 heterocycles. The van der Waals surface area contributed by atoms with Crippen molar-refractivity contribution in [1.82, 2.24) is 4.98 Å². The maximum atomic E-state index is 12.9. The number of nitrogens with one attached hydrogen (secondary N) is 1. The Morgan fingerprint density at radius 2 is 2.05 bits per heavy atom. The fraction of sp³-hybridized carbons (Fsp3) is 0.500. The molecule has 0 saturated carbocycles. The Kier molecular flexibility index (Phi) is 3.85. The number of anilines is 1. The van der Waals surface area contributed by atoms with Crippen molar-refractivity contribution in [3.8, 4) is 0 Å². The van der Waals surface area contributed by atoms with E-state index in [9.17, 15) is 23.1 Å². The summed E-state index contributed by atoms with van der Waals surface area (Å²) in [5, 5.41) is 11.8. The minimum Gasteiger partial charge on any atom is -0.480 e. The third kappa shape index (κ3) is 2.84. The first kappa shape index (κ1) is 14.6. The van der Waals surface area contributed by atoms with Crippen LogP contribution in [0, 0.1) is 0 Å². The van der Waals surface area contributed by atoms with Crippen molar-refractivity contribution < 1.29 is 27.8 Å². The lowest BCUT2D eigenvalue weighted by atomic mass is 9.90. The van der Waals surface area contributed by atoms with Crippen LogP contribution in [0.4, 0.5) is 19.0 Å². The first-order valence-corrected chi connectivity index (χ1v) is 5.97. The van der Waals surface area contributed by atoms with E-state index in [0.717, 1.165) is 12.1 Å². The molecule has 0 unspecified atom stereocenters. The van der Waals surface area contributed by atoms with E-state index in [1.165, 1.54) is 6.20 Å². The van der Waals surface area contributed by atoms with Gasteiger partial charge in [0.15, 0.2) is 0 Å². The molecule has 2 N–H and O–H groups in total. The molecule has 0 radical (unpaired) electrons. The number of pyridine rings is 1. The summed E-state index contributed by atoms with van der Waals surface area (Å²) in [6, 6.07) is 2.02. The number of carboxylic acid groups (broad SMARTS) is 1. The Labute approximate surface area is 112 Å². The lowest BCUT2D eigenvalue weighted by Gasteiger charge is -2.34. The lowest BCUT2D eigenvalue weighted by molar-refractivity contribution is -0.146. The molecule has 1 fully saturated rings. The van der Waals surface area contributed by atoms with Gasteiger partial charge in [-0.25, -0.2) is 9.78 Å². The molecule has 8 heteroatoms. The van der Waals surface area contributed by atoms with Gasteiger partial charge >= 0.3 is 12.1 Å². The van der Waals surface area contributed by atoms with Crippen LogP contribution in [0.3, 0.4) is 0 Å². The predicted molar refractivity (Wildman–Crippen MR) is 63.3 cm³/mol. The molecule has 5 nitrogen and oxygen atoms in total. The molecule has 1 aliphatic heterocycles. The second-order valence-corrected chi connectivity index (χ2v) is 4.52. The zero-order valence-electron chi connectivity index (χ0n) is 10.4. The van der Waals surface area contributed by atoms with Gasteiger partial charge in [0, 0.05) is 32.3 Å². The predicted octanol–water partition coefficient (Wildman–Crippen LogP) is 2.15. The van der Waals surface area contributed by atoms with E-state index < -0.39 is 29.1 Å². The van der Waals surface area contributed by atoms with Crippen molar-refractivity contribution in [2.24, 2.45) is 0 Å². The van der Waals surface area contributed by atoms with E-state index in [1.54, 1.807) is 0 Å². The summed E-state index contributed by atoms with van der Waals surface area (Å²) in [4.78, 5) is 15.0. The molecule has 2 rings (SSSR count). The fourth-order valence-electron chi connectivity index (χ4n) is 2.07. The van der Waals surface area contributed by atoms with E-state index in [1.807, 2.05) is 0 Å². The molecule has 0 bridgehead atoms. The van der Waals surface area contributed by atoms with Crippen LogP contribution >= 0.6 is 0 Å². The second-order valence-electron chi connectivity index (χ2n) is 4.52. The van der Waals surface area contributed by atoms with Gasteiger partial charge in [0.05, 0.1) is 5.56 Å². The second kappa shape index (κ2) is 5.28. The van der Waals surface area contributed by atoms with E-state index in [-0.39, 0.29) is 26.1 Å². The van der Waals surface area contributed by atoms with Crippen LogP contribution in [0.2, 0.25) is 0 Å². The van der Waals surface area contributed by atoms with Crippen molar-refractivity contribution in [3.05, 3.63) is 23.9 Å². The molecule has 1 aromatic rings. The van der Waals surface area contributed by atoms with Crippen LogP contribution < -0.4 is 5.32 Å². The average Bonchev–Trinajstić information content (AvgIpc) is 2.39. The average molecular weight is 290 g/mol. The number of halogens is 3. The van der Waals surface area contributed by atoms with Crippen molar-refractivity contribution in [3.63, 3.8) is 0 Å². The van der Waals surface area contributed by atoms with Crippen LogP contribution in [0.25, 0.3) is 0 Å². The molecule has 110 valence electrons. The Bertz CT molecular complexity index is 499. The highest BCUT2D eigenvalue weighted by molar-refractivity contribution is 5.83. The van der Waals surface area contributed by atoms with Crippen LogP contribution in [0.15, 0.2) is 18.3 Å². The minimum absolute atomic E-state index is 0.0796. The molecule has 20 heavy (non-hydrogen) atoms. The van der Waals surface area contributed by atoms with E-state index in [0.29, 0.717) is 0 Å². The molecule has 0 atom stereocenters. The first-order valence-electron chi connectivity index (χ1n) is 5.97. The third-order valence-corrected chi connectivity index (χ3v) is 3.23. The summed E-state index contributed by atoms with van der Waals surface area (Å²) in [6.45, 7) is 0.348. The van der Waals surface area contributed by atoms with Gasteiger partial charge in [0.1, 0.15) is 11.4 Å². The number of carbonyl (C=O) groups is 1. The van der Waals surface area contributed by atoms with Gasteiger partial charge in [0.2, 0.25) is 0 Å². The third-order valence-electron chi connectivity index (χ3n) is 3.23. The number of carboxylic acids is 1. The zero-order valence-corrected chi connectivity index (χ0v) is 10.4. The van der Waals surface area contributed by atoms with Gasteiger partial charge in [-0.1, -0.05) is 0 Å². The van der Waals surface area contributed by atoms with E-state index in [2.05, 4.69) is 10.3 Å². The summed E-state index contributed by atoms with van der Waals surface area (Å²) in [7, 11) is 0. The first-order chi connectivity index (χ1) is 9.35. The number of ether oxygens (including phenoxy) is 1. The summed E-state index contributed by atoms with van der Waals surface area (Å²) in [6.07, 6.45) is -3.25. The van der Waals surface area contributed by atoms with Crippen molar-refractivity contribution >= 4 is 11.8 Å². The molecular formula is C12H13F3N2O3. The van der Waals surface area contributed by atoms with Crippen LogP contribution in [-0.4, -0.2) is 34.8 Å². The largest absolute Gasteiger partial charge is 0.480 e.